The number of hydrogen-bond donors (Lipinski definition) is 5. The third-order valence-electron chi connectivity index (χ3n) is 25.7. The minimum Gasteiger partial charge on any atom is -0.454 e. The zero-order valence-electron chi connectivity index (χ0n) is 121. The molecule has 10 atom stereocenters. The number of ether oxygens (including phenoxy) is 10. The van der Waals surface area contributed by atoms with E-state index in [1.54, 1.807) is 78.9 Å². The number of nitrogens with one attached hydrogen (secondary N) is 5. The number of H-pyrrole nitrogens is 5. The zero-order chi connectivity index (χ0) is 140. The highest BCUT2D eigenvalue weighted by Crippen LogP contribution is 2.53. The number of likely N-dealkylation sites (N-methyl/N-ethyl adjacent to an activating group) is 5. The van der Waals surface area contributed by atoms with Gasteiger partial charge >= 0.3 is 0 Å². The fourth-order valence-corrected chi connectivity index (χ4v) is 19.2. The van der Waals surface area contributed by atoms with Gasteiger partial charge in [0.25, 0.3) is 0 Å². The van der Waals surface area contributed by atoms with Crippen molar-refractivity contribution in [3.63, 3.8) is 0 Å². The van der Waals surface area contributed by atoms with Gasteiger partial charge in [-0.3, -0.25) is 47.9 Å². The summed E-state index contributed by atoms with van der Waals surface area (Å²) in [6, 6.07) is -1.03. The van der Waals surface area contributed by atoms with Crippen molar-refractivity contribution >= 4 is 114 Å². The average molecular weight is 1990 g/mol. The summed E-state index contributed by atoms with van der Waals surface area (Å²) in [4.78, 5) is 155. The number of carbonyl (C=O) groups is 10. The molecule has 35 heteroatoms. The van der Waals surface area contributed by atoms with Crippen LogP contribution in [0.15, 0.2) is 212 Å². The monoisotopic (exact) mass is 1990 g/mol. The van der Waals surface area contributed by atoms with E-state index in [9.17, 15) is 54.8 Å². The molecule has 15 aliphatic heterocycles. The van der Waals surface area contributed by atoms with Gasteiger partial charge in [0.05, 0.1) is 96.9 Å². The third-order valence-corrected chi connectivity index (χ3v) is 25.7. The molecule has 5 fully saturated rings. The van der Waals surface area contributed by atoms with Gasteiger partial charge in [0.1, 0.15) is 38.4 Å². The lowest BCUT2D eigenvalue weighted by atomic mass is 9.86. The maximum atomic E-state index is 13.8. The van der Waals surface area contributed by atoms with E-state index in [1.165, 1.54) is 48.5 Å². The van der Waals surface area contributed by atoms with Gasteiger partial charge in [-0.25, -0.2) is 0 Å². The molecule has 0 unspecified atom stereocenters. The molecule has 730 valence electrons. The van der Waals surface area contributed by atoms with Crippen molar-refractivity contribution in [3.05, 3.63) is 296 Å². The lowest BCUT2D eigenvalue weighted by molar-refractivity contribution is -0.157. The number of fused-ring (bicyclic) bond motifs is 25. The molecule has 5 saturated heterocycles. The minimum atomic E-state index is -3.25. The van der Waals surface area contributed by atoms with Gasteiger partial charge in [0.15, 0.2) is 57.5 Å². The molecule has 145 heavy (non-hydrogen) atoms. The summed E-state index contributed by atoms with van der Waals surface area (Å²) in [6.45, 7) is -25.4. The fraction of sp³-hybridized carbons (Fsp3) is 0.273. The first kappa shape index (κ1) is 51.3. The van der Waals surface area contributed by atoms with E-state index in [2.05, 4.69) is 24.9 Å². The quantitative estimate of drug-likeness (QED) is 0.107. The van der Waals surface area contributed by atoms with Crippen LogP contribution in [-0.2, 0) is 79.8 Å². The molecule has 0 radical (unpaired) electrons. The number of para-hydroxylation sites is 5. The number of amides is 10. The van der Waals surface area contributed by atoms with Gasteiger partial charge in [-0.1, -0.05) is 121 Å². The van der Waals surface area contributed by atoms with Crippen LogP contribution < -0.4 is 47.4 Å². The van der Waals surface area contributed by atoms with Gasteiger partial charge in [0.2, 0.25) is 92.9 Å². The van der Waals surface area contributed by atoms with Crippen LogP contribution in [0, 0.1) is 0 Å². The first-order chi connectivity index (χ1) is 88.9. The number of aromatic amines is 5. The molecule has 5 aromatic heterocycles. The molecule has 15 aliphatic rings. The van der Waals surface area contributed by atoms with Crippen LogP contribution in [0.5, 0.6) is 57.5 Å². The summed E-state index contributed by atoms with van der Waals surface area (Å²) in [5.74, 6) is -13.3. The van der Waals surface area contributed by atoms with E-state index in [4.69, 9.17) is 105 Å². The second kappa shape index (κ2) is 33.9. The number of rotatable bonds is 5. The van der Waals surface area contributed by atoms with Crippen LogP contribution in [0.3, 0.4) is 0 Å². The number of piperazine rings is 5. The van der Waals surface area contributed by atoms with Gasteiger partial charge in [0, 0.05) is 172 Å². The summed E-state index contributed by atoms with van der Waals surface area (Å²) in [6.07, 6.45) is -13.6. The maximum absolute atomic E-state index is 13.8. The molecule has 10 aromatic carbocycles. The molecule has 0 spiro atoms. The van der Waals surface area contributed by atoms with Crippen LogP contribution in [0.25, 0.3) is 54.5 Å². The molecule has 0 saturated carbocycles. The number of aromatic nitrogens is 5. The minimum absolute atomic E-state index is 0.00758. The number of hydrogen-bond acceptors (Lipinski definition) is 20. The van der Waals surface area contributed by atoms with E-state index in [0.29, 0.717) is 78.9 Å². The Bertz CT molecular complexity index is 10700. The number of carbonyl (C=O) groups excluding carboxylic acids is 10. The molecule has 30 rings (SSSR count). The Morgan fingerprint density at radius 1 is 0.290 bits per heavy atom. The Morgan fingerprint density at radius 3 is 0.938 bits per heavy atom. The van der Waals surface area contributed by atoms with E-state index in [1.807, 2.05) is 0 Å². The summed E-state index contributed by atoms with van der Waals surface area (Å²) < 4.78 is 452. The average Bonchev–Trinajstić information content (AvgIpc) is 1.47. The van der Waals surface area contributed by atoms with Crippen molar-refractivity contribution in [2.24, 2.45) is 0 Å². The van der Waals surface area contributed by atoms with Gasteiger partial charge in [-0.15, -0.1) is 0 Å². The number of nitrogens with zero attached hydrogens (tertiary/aromatic N) is 10. The van der Waals surface area contributed by atoms with Crippen molar-refractivity contribution in [1.82, 2.24) is 73.9 Å². The fourth-order valence-electron chi connectivity index (χ4n) is 19.2. The summed E-state index contributed by atoms with van der Waals surface area (Å²) >= 11 is 0. The second-order valence-corrected chi connectivity index (χ2v) is 33.9. The van der Waals surface area contributed by atoms with E-state index < -0.39 is 359 Å². The van der Waals surface area contributed by atoms with Crippen LogP contribution in [-0.4, -0.2) is 265 Å². The molecular weight excluding hydrogens is 1850 g/mol. The molecule has 10 amide bonds. The largest absolute Gasteiger partial charge is 0.454 e. The van der Waals surface area contributed by atoms with Crippen molar-refractivity contribution in [1.29, 1.82) is 0 Å². The normalized spacial score (nSPS) is 34.0. The van der Waals surface area contributed by atoms with Gasteiger partial charge in [-0.2, -0.15) is 0 Å². The highest BCUT2D eigenvalue weighted by molar-refractivity contribution is 6.03. The molecule has 20 heterocycles. The van der Waals surface area contributed by atoms with Gasteiger partial charge < -0.3 is 121 Å². The van der Waals surface area contributed by atoms with Crippen molar-refractivity contribution < 1.29 is 160 Å². The lowest BCUT2D eigenvalue weighted by Gasteiger charge is -2.46. The molecule has 5 N–H and O–H groups in total. The Hall–Kier alpha value is -17.4. The molecule has 0 bridgehead atoms. The molecule has 15 aromatic rings. The van der Waals surface area contributed by atoms with E-state index in [-0.39, 0.29) is 119 Å². The van der Waals surface area contributed by atoms with Crippen LogP contribution >= 0.6 is 0 Å². The Kier molecular flexibility index (Phi) is 12.0. The molecule has 0 aliphatic carbocycles. The SMILES string of the molecule is [2H]C1([2H])Oc2ccc([C@]3([2H])c4[nH]c5ccccc5c4C([2H])([2H])[C@@H]4C(=O)N(C)C([2H])([2H])C(=O)N43)cc2O1.[2H]C1([2H])c2c([nH]c3ccccc23)[C@@]([2H])(c2ccc3c(c2)OCO3)N2C(=O)C([2H])([2H])N(C)C(=O)[C@H]21.[2H]c1c([2H])c([2H])c2c3c([nH]c2c1[2H])[C@@]([2H])(c1ccc2c(c1)OCO2)N1C(=O)C([2H])([2H])N(C)C(=O)[C@H]1C3([2H])[2H].[2H]c1c([2H])c([C@]2([2H])c3[nH]c4c([2H])c([2H])c([2H])c([2H])c4c3C([2H])([2H])[C@@H]3C(=O)N(C([2H])([2H])[2H])CC(=O)N32)c([2H])c2c1OC([2H])([2H])O2.[2H]c1c([2H])c([C@]2([2H])c3[nH]c4ccccc4c3C([2H])([2H])[C@@H]3C(=O)N(C([2H])([2H])[2H])CC(=O)N32)c([2H])c2c1OC([2H])([2H])O2. The van der Waals surface area contributed by atoms with E-state index >= 15 is 0 Å². The van der Waals surface area contributed by atoms with Crippen LogP contribution in [0.4, 0.5) is 0 Å². The topological polar surface area (TPSA) is 374 Å². The highest BCUT2D eigenvalue weighted by Gasteiger charge is 2.55. The van der Waals surface area contributed by atoms with Crippen molar-refractivity contribution in [2.45, 2.75) is 92.2 Å². The van der Waals surface area contributed by atoms with Crippen molar-refractivity contribution in [2.75, 3.05) is 101 Å². The summed E-state index contributed by atoms with van der Waals surface area (Å²) in [5.41, 5.74) is -3.34. The number of benzene rings is 10. The van der Waals surface area contributed by atoms with E-state index in [0.717, 1.165) is 26.0 Å². The highest BCUT2D eigenvalue weighted by atomic mass is 16.7. The maximum Gasteiger partial charge on any atom is 0.245 e. The zero-order valence-corrected chi connectivity index (χ0v) is 74.5. The second-order valence-electron chi connectivity index (χ2n) is 33.9. The summed E-state index contributed by atoms with van der Waals surface area (Å²) in [5, 5.41) is 0.328. The standard InChI is InChI=1S/5C22H19N3O4/c5*1-24-10-19(26)25-16(22(24)27)9-14-13-4-2-3-5-15(13)23-20(14)21(25)12-6-7-17-18(8-12)29-11-28-17/h5*2-8,16,21,23H,9-11H2,1H3/t5*16-,21-/m11111/s1/i1D3,2D,3D,4D,5D,6D,7D,8D,9D2,11D2,21D;2D,3D,4D,5D,9D2,10D2,21D;1D3,6D,7D,8D,9D2,11D2,21D;9D2,10D2,11D2,21D;9D2,10D2,21D. The Labute approximate surface area is 892 Å². The Balaban J connectivity index is 0.000000114. The van der Waals surface area contributed by atoms with Crippen molar-refractivity contribution in [3.8, 4) is 57.5 Å². The molecular formula is C110H95N15O20. The third kappa shape index (κ3) is 14.2. The smallest absolute Gasteiger partial charge is 0.245 e. The van der Waals surface area contributed by atoms with Crippen LogP contribution in [0.1, 0.15) is 179 Å². The van der Waals surface area contributed by atoms with Crippen LogP contribution in [0.2, 0.25) is 0 Å². The first-order valence-electron chi connectivity index (χ1n) is 67.5. The molecule has 35 nitrogen and oxygen atoms in total. The van der Waals surface area contributed by atoms with Gasteiger partial charge in [-0.05, 0) is 146 Å². The first-order valence-corrected chi connectivity index (χ1v) is 44.0. The Morgan fingerprint density at radius 2 is 0.572 bits per heavy atom. The lowest BCUT2D eigenvalue weighted by Crippen LogP contribution is -2.62. The predicted molar refractivity (Wildman–Crippen MR) is 523 cm³/mol. The summed E-state index contributed by atoms with van der Waals surface area (Å²) in [7, 11) is 3.24. The predicted octanol–water partition coefficient (Wildman–Crippen LogP) is 11.1.